The first kappa shape index (κ1) is 21.6. The number of rotatable bonds is 6. The topological polar surface area (TPSA) is 67.2 Å². The van der Waals surface area contributed by atoms with Crippen LogP contribution >= 0.6 is 0 Å². The van der Waals surface area contributed by atoms with Crippen molar-refractivity contribution in [3.05, 3.63) is 103 Å². The number of imidazole rings is 1. The standard InChI is InChI=1S/C27H23FN4O2/c28-22-13-11-20(12-14-22)25-26(31(18-29-25)16-19-7-3-1-4-8-19)30-27(34)21-15-24(33)32(17-21)23-9-5-2-6-10-23/h1-14,18,21H,15-17H2,(H,30,34). The summed E-state index contributed by atoms with van der Waals surface area (Å²) < 4.78 is 15.4. The first-order chi connectivity index (χ1) is 16.6. The molecule has 0 bridgehead atoms. The molecule has 1 aromatic heterocycles. The molecular formula is C27H23FN4O2. The first-order valence-corrected chi connectivity index (χ1v) is 11.1. The highest BCUT2D eigenvalue weighted by Crippen LogP contribution is 2.30. The van der Waals surface area contributed by atoms with Crippen molar-refractivity contribution in [2.45, 2.75) is 13.0 Å². The van der Waals surface area contributed by atoms with Gasteiger partial charge >= 0.3 is 0 Å². The van der Waals surface area contributed by atoms with Gasteiger partial charge in [-0.05, 0) is 42.0 Å². The van der Waals surface area contributed by atoms with Crippen LogP contribution in [0.2, 0.25) is 0 Å². The van der Waals surface area contributed by atoms with E-state index in [4.69, 9.17) is 0 Å². The molecule has 1 atom stereocenters. The highest BCUT2D eigenvalue weighted by molar-refractivity contribution is 6.04. The van der Waals surface area contributed by atoms with Gasteiger partial charge < -0.3 is 14.8 Å². The van der Waals surface area contributed by atoms with Gasteiger partial charge in [-0.15, -0.1) is 0 Å². The molecule has 170 valence electrons. The van der Waals surface area contributed by atoms with Crippen molar-refractivity contribution < 1.29 is 14.0 Å². The van der Waals surface area contributed by atoms with Crippen molar-refractivity contribution in [3.63, 3.8) is 0 Å². The van der Waals surface area contributed by atoms with Gasteiger partial charge in [-0.25, -0.2) is 9.37 Å². The smallest absolute Gasteiger partial charge is 0.230 e. The Labute approximate surface area is 196 Å². The van der Waals surface area contributed by atoms with Crippen molar-refractivity contribution in [2.75, 3.05) is 16.8 Å². The van der Waals surface area contributed by atoms with Crippen LogP contribution in [0, 0.1) is 11.7 Å². The van der Waals surface area contributed by atoms with Gasteiger partial charge in [-0.1, -0.05) is 48.5 Å². The maximum atomic E-state index is 13.5. The Morgan fingerprint density at radius 2 is 1.65 bits per heavy atom. The third-order valence-corrected chi connectivity index (χ3v) is 5.96. The van der Waals surface area contributed by atoms with E-state index in [1.165, 1.54) is 12.1 Å². The second kappa shape index (κ2) is 9.31. The Balaban J connectivity index is 1.42. The van der Waals surface area contributed by atoms with Gasteiger partial charge in [0.25, 0.3) is 0 Å². The minimum atomic E-state index is -0.492. The minimum Gasteiger partial charge on any atom is -0.312 e. The number of carbonyl (C=O) groups is 2. The zero-order chi connectivity index (χ0) is 23.5. The maximum Gasteiger partial charge on any atom is 0.230 e. The van der Waals surface area contributed by atoms with Crippen molar-refractivity contribution in [3.8, 4) is 11.3 Å². The summed E-state index contributed by atoms with van der Waals surface area (Å²) in [6.07, 6.45) is 1.80. The van der Waals surface area contributed by atoms with Crippen LogP contribution in [0.1, 0.15) is 12.0 Å². The third kappa shape index (κ3) is 4.45. The number of nitrogens with one attached hydrogen (secondary N) is 1. The molecule has 3 aromatic carbocycles. The van der Waals surface area contributed by atoms with Crippen LogP contribution in [-0.4, -0.2) is 27.9 Å². The fraction of sp³-hybridized carbons (Fsp3) is 0.148. The van der Waals surface area contributed by atoms with Gasteiger partial charge in [0.1, 0.15) is 17.3 Å². The minimum absolute atomic E-state index is 0.0806. The fourth-order valence-corrected chi connectivity index (χ4v) is 4.19. The molecule has 5 rings (SSSR count). The molecule has 2 heterocycles. The van der Waals surface area contributed by atoms with E-state index in [-0.39, 0.29) is 24.1 Å². The molecule has 1 fully saturated rings. The molecule has 4 aromatic rings. The Bertz CT molecular complexity index is 1300. The summed E-state index contributed by atoms with van der Waals surface area (Å²) in [6, 6.07) is 25.2. The molecule has 6 nitrogen and oxygen atoms in total. The fourth-order valence-electron chi connectivity index (χ4n) is 4.19. The van der Waals surface area contributed by atoms with Gasteiger partial charge in [-0.3, -0.25) is 9.59 Å². The predicted octanol–water partition coefficient (Wildman–Crippen LogP) is 4.73. The van der Waals surface area contributed by atoms with Gasteiger partial charge in [0.15, 0.2) is 0 Å². The molecule has 0 radical (unpaired) electrons. The molecule has 2 amide bonds. The lowest BCUT2D eigenvalue weighted by atomic mass is 10.1. The zero-order valence-electron chi connectivity index (χ0n) is 18.4. The van der Waals surface area contributed by atoms with E-state index in [0.29, 0.717) is 30.2 Å². The third-order valence-electron chi connectivity index (χ3n) is 5.96. The quantitative estimate of drug-likeness (QED) is 0.458. The lowest BCUT2D eigenvalue weighted by molar-refractivity contribution is -0.122. The van der Waals surface area contributed by atoms with Crippen LogP contribution in [0.3, 0.4) is 0 Å². The predicted molar refractivity (Wildman–Crippen MR) is 129 cm³/mol. The molecule has 1 N–H and O–H groups in total. The summed E-state index contributed by atoms with van der Waals surface area (Å²) in [5.41, 5.74) is 3.07. The average Bonchev–Trinajstić information content (AvgIpc) is 3.44. The summed E-state index contributed by atoms with van der Waals surface area (Å²) in [5.74, 6) is -0.642. The molecule has 0 saturated carbocycles. The number of halogens is 1. The van der Waals surface area contributed by atoms with E-state index in [1.54, 1.807) is 23.4 Å². The van der Waals surface area contributed by atoms with E-state index in [2.05, 4.69) is 10.3 Å². The summed E-state index contributed by atoms with van der Waals surface area (Å²) >= 11 is 0. The molecule has 34 heavy (non-hydrogen) atoms. The first-order valence-electron chi connectivity index (χ1n) is 11.1. The Morgan fingerprint density at radius 1 is 0.971 bits per heavy atom. The normalized spacial score (nSPS) is 15.5. The van der Waals surface area contributed by atoms with E-state index in [0.717, 1.165) is 11.3 Å². The molecular weight excluding hydrogens is 431 g/mol. The number of amides is 2. The maximum absolute atomic E-state index is 13.5. The lowest BCUT2D eigenvalue weighted by Gasteiger charge is -2.17. The summed E-state index contributed by atoms with van der Waals surface area (Å²) in [4.78, 5) is 32.1. The molecule has 1 aliphatic rings. The van der Waals surface area contributed by atoms with Crippen LogP contribution in [0.25, 0.3) is 11.3 Å². The molecule has 1 saturated heterocycles. The number of anilines is 2. The van der Waals surface area contributed by atoms with Gasteiger partial charge in [0.2, 0.25) is 11.8 Å². The van der Waals surface area contributed by atoms with E-state index in [9.17, 15) is 14.0 Å². The van der Waals surface area contributed by atoms with Crippen molar-refractivity contribution in [1.29, 1.82) is 0 Å². The van der Waals surface area contributed by atoms with E-state index < -0.39 is 5.92 Å². The van der Waals surface area contributed by atoms with Crippen LogP contribution in [-0.2, 0) is 16.1 Å². The molecule has 0 spiro atoms. The van der Waals surface area contributed by atoms with E-state index in [1.807, 2.05) is 65.2 Å². The lowest BCUT2D eigenvalue weighted by Crippen LogP contribution is -2.28. The Hall–Kier alpha value is -4.26. The number of hydrogen-bond donors (Lipinski definition) is 1. The zero-order valence-corrected chi connectivity index (χ0v) is 18.4. The molecule has 7 heteroatoms. The monoisotopic (exact) mass is 454 g/mol. The Kier molecular flexibility index (Phi) is 5.91. The van der Waals surface area contributed by atoms with Crippen molar-refractivity contribution >= 4 is 23.3 Å². The number of hydrogen-bond acceptors (Lipinski definition) is 3. The Morgan fingerprint density at radius 3 is 2.35 bits per heavy atom. The number of para-hydroxylation sites is 1. The average molecular weight is 455 g/mol. The second-order valence-corrected chi connectivity index (χ2v) is 8.29. The van der Waals surface area contributed by atoms with E-state index >= 15 is 0 Å². The number of aromatic nitrogens is 2. The highest BCUT2D eigenvalue weighted by atomic mass is 19.1. The SMILES string of the molecule is O=C(Nc1c(-c2ccc(F)cc2)ncn1Cc1ccccc1)C1CC(=O)N(c2ccccc2)C1. The summed E-state index contributed by atoms with van der Waals surface area (Å²) in [6.45, 7) is 0.817. The van der Waals surface area contributed by atoms with Crippen LogP contribution in [0.15, 0.2) is 91.3 Å². The summed E-state index contributed by atoms with van der Waals surface area (Å²) in [7, 11) is 0. The van der Waals surface area contributed by atoms with Crippen LogP contribution < -0.4 is 10.2 Å². The van der Waals surface area contributed by atoms with Gasteiger partial charge in [0, 0.05) is 24.2 Å². The van der Waals surface area contributed by atoms with Gasteiger partial charge in [0.05, 0.1) is 18.8 Å². The number of nitrogens with zero attached hydrogens (tertiary/aromatic N) is 3. The summed E-state index contributed by atoms with van der Waals surface area (Å²) in [5, 5.41) is 3.02. The highest BCUT2D eigenvalue weighted by Gasteiger charge is 2.35. The van der Waals surface area contributed by atoms with Crippen molar-refractivity contribution in [2.24, 2.45) is 5.92 Å². The molecule has 0 aliphatic carbocycles. The largest absolute Gasteiger partial charge is 0.312 e. The second-order valence-electron chi connectivity index (χ2n) is 8.29. The number of benzene rings is 3. The van der Waals surface area contributed by atoms with Crippen LogP contribution in [0.5, 0.6) is 0 Å². The number of carbonyl (C=O) groups excluding carboxylic acids is 2. The molecule has 1 aliphatic heterocycles. The van der Waals surface area contributed by atoms with Gasteiger partial charge in [-0.2, -0.15) is 0 Å². The van der Waals surface area contributed by atoms with Crippen LogP contribution in [0.4, 0.5) is 15.9 Å². The van der Waals surface area contributed by atoms with Crippen molar-refractivity contribution in [1.82, 2.24) is 9.55 Å². The molecule has 1 unspecified atom stereocenters.